The quantitative estimate of drug-likeness (QED) is 0.481. The molecule has 4 rings (SSSR count). The van der Waals surface area contributed by atoms with Gasteiger partial charge in [0, 0.05) is 34.3 Å². The third-order valence-electron chi connectivity index (χ3n) is 4.27. The Balaban J connectivity index is 1.61. The fraction of sp³-hybridized carbons (Fsp3) is 0.150. The second-order valence-electron chi connectivity index (χ2n) is 6.45. The summed E-state index contributed by atoms with van der Waals surface area (Å²) < 4.78 is 13.1. The van der Waals surface area contributed by atoms with Gasteiger partial charge in [-0.15, -0.1) is 11.3 Å². The summed E-state index contributed by atoms with van der Waals surface area (Å²) >= 11 is 1.24. The average Bonchev–Trinajstić information content (AvgIpc) is 3.35. The Morgan fingerprint density at radius 1 is 1.29 bits per heavy atom. The first-order valence-corrected chi connectivity index (χ1v) is 9.54. The van der Waals surface area contributed by atoms with E-state index in [2.05, 4.69) is 20.3 Å². The highest BCUT2D eigenvalue weighted by molar-refractivity contribution is 7.12. The number of hydrogen-bond donors (Lipinski definition) is 3. The topological polar surface area (TPSA) is 90.9 Å². The fourth-order valence-electron chi connectivity index (χ4n) is 2.78. The molecule has 0 fully saturated rings. The summed E-state index contributed by atoms with van der Waals surface area (Å²) in [6.07, 6.45) is 1.69. The van der Waals surface area contributed by atoms with Gasteiger partial charge in [-0.25, -0.2) is 14.4 Å². The van der Waals surface area contributed by atoms with Crippen LogP contribution in [-0.4, -0.2) is 38.6 Å². The van der Waals surface area contributed by atoms with Gasteiger partial charge in [0.1, 0.15) is 11.5 Å². The average molecular weight is 396 g/mol. The fourth-order valence-corrected chi connectivity index (χ4v) is 3.51. The monoisotopic (exact) mass is 396 g/mol. The lowest BCUT2D eigenvalue weighted by atomic mass is 10.1. The Bertz CT molecular complexity index is 1140. The van der Waals surface area contributed by atoms with Crippen LogP contribution in [-0.2, 0) is 0 Å². The standard InChI is InChI=1S/C20H17FN4O2S/c1-11(9-26)23-19(27)20-25-17(10-28-20)14-6-13-7-16(24-18(13)22-8-14)12-2-4-15(21)5-3-12/h2-8,10-11,26H,9H2,1H3,(H,22,24)(H,23,27)/t11-/m0/s1. The van der Waals surface area contributed by atoms with Crippen molar-refractivity contribution < 1.29 is 14.3 Å². The van der Waals surface area contributed by atoms with E-state index >= 15 is 0 Å². The summed E-state index contributed by atoms with van der Waals surface area (Å²) in [7, 11) is 0. The molecule has 0 aliphatic rings. The van der Waals surface area contributed by atoms with Crippen LogP contribution in [0.4, 0.5) is 4.39 Å². The number of aromatic nitrogens is 3. The molecule has 3 aromatic heterocycles. The molecule has 3 heterocycles. The van der Waals surface area contributed by atoms with Crippen LogP contribution in [0, 0.1) is 5.82 Å². The molecule has 4 aromatic rings. The summed E-state index contributed by atoms with van der Waals surface area (Å²) in [6, 6.07) is 9.81. The number of pyridine rings is 1. The van der Waals surface area contributed by atoms with Crippen LogP contribution >= 0.6 is 11.3 Å². The number of benzene rings is 1. The van der Waals surface area contributed by atoms with Crippen molar-refractivity contribution in [3.8, 4) is 22.5 Å². The Morgan fingerprint density at radius 2 is 2.07 bits per heavy atom. The minimum atomic E-state index is -0.331. The van der Waals surface area contributed by atoms with Crippen molar-refractivity contribution in [1.29, 1.82) is 0 Å². The molecule has 0 radical (unpaired) electrons. The van der Waals surface area contributed by atoms with Crippen molar-refractivity contribution in [3.05, 3.63) is 58.8 Å². The first-order valence-electron chi connectivity index (χ1n) is 8.66. The van der Waals surface area contributed by atoms with Gasteiger partial charge in [0.15, 0.2) is 5.01 Å². The van der Waals surface area contributed by atoms with Gasteiger partial charge in [-0.1, -0.05) is 0 Å². The van der Waals surface area contributed by atoms with Gasteiger partial charge < -0.3 is 15.4 Å². The highest BCUT2D eigenvalue weighted by Gasteiger charge is 2.15. The zero-order valence-electron chi connectivity index (χ0n) is 14.9. The number of aromatic amines is 1. The van der Waals surface area contributed by atoms with Crippen molar-refractivity contribution in [2.45, 2.75) is 13.0 Å². The van der Waals surface area contributed by atoms with Gasteiger partial charge in [0.05, 0.1) is 12.3 Å². The van der Waals surface area contributed by atoms with Crippen LogP contribution in [0.15, 0.2) is 48.0 Å². The molecule has 0 aliphatic heterocycles. The van der Waals surface area contributed by atoms with Gasteiger partial charge in [0.25, 0.3) is 5.91 Å². The number of halogens is 1. The lowest BCUT2D eigenvalue weighted by Crippen LogP contribution is -2.34. The van der Waals surface area contributed by atoms with Gasteiger partial charge >= 0.3 is 0 Å². The first kappa shape index (κ1) is 18.3. The van der Waals surface area contributed by atoms with Crippen molar-refractivity contribution in [2.24, 2.45) is 0 Å². The van der Waals surface area contributed by atoms with E-state index in [-0.39, 0.29) is 24.4 Å². The second kappa shape index (κ2) is 7.49. The number of rotatable bonds is 5. The first-order chi connectivity index (χ1) is 13.5. The highest BCUT2D eigenvalue weighted by Crippen LogP contribution is 2.28. The number of carbonyl (C=O) groups is 1. The minimum absolute atomic E-state index is 0.131. The lowest BCUT2D eigenvalue weighted by molar-refractivity contribution is 0.0922. The molecule has 1 amide bonds. The van der Waals surface area contributed by atoms with E-state index in [0.717, 1.165) is 22.2 Å². The number of aliphatic hydroxyl groups is 1. The smallest absolute Gasteiger partial charge is 0.280 e. The molecular weight excluding hydrogens is 379 g/mol. The molecule has 0 spiro atoms. The number of carbonyl (C=O) groups excluding carboxylic acids is 1. The van der Waals surface area contributed by atoms with Crippen LogP contribution in [0.3, 0.4) is 0 Å². The van der Waals surface area contributed by atoms with E-state index in [4.69, 9.17) is 5.11 Å². The van der Waals surface area contributed by atoms with Gasteiger partial charge in [-0.2, -0.15) is 0 Å². The number of H-pyrrole nitrogens is 1. The molecule has 0 unspecified atom stereocenters. The number of nitrogens with one attached hydrogen (secondary N) is 2. The summed E-state index contributed by atoms with van der Waals surface area (Å²) in [5.41, 5.74) is 3.88. The van der Waals surface area contributed by atoms with Crippen molar-refractivity contribution in [2.75, 3.05) is 6.61 Å². The Labute approximate surface area is 164 Å². The normalized spacial score (nSPS) is 12.2. The van der Waals surface area contributed by atoms with Crippen LogP contribution in [0.5, 0.6) is 0 Å². The van der Waals surface area contributed by atoms with Crippen LogP contribution in [0.2, 0.25) is 0 Å². The van der Waals surface area contributed by atoms with Crippen LogP contribution in [0.1, 0.15) is 16.7 Å². The molecule has 0 bridgehead atoms. The zero-order valence-corrected chi connectivity index (χ0v) is 15.8. The second-order valence-corrected chi connectivity index (χ2v) is 7.30. The highest BCUT2D eigenvalue weighted by atomic mass is 32.1. The van der Waals surface area contributed by atoms with E-state index in [1.807, 2.05) is 12.1 Å². The maximum absolute atomic E-state index is 13.1. The third kappa shape index (κ3) is 3.64. The summed E-state index contributed by atoms with van der Waals surface area (Å²) in [5, 5.41) is 14.8. The van der Waals surface area contributed by atoms with Gasteiger partial charge in [0.2, 0.25) is 0 Å². The van der Waals surface area contributed by atoms with E-state index < -0.39 is 0 Å². The molecule has 3 N–H and O–H groups in total. The largest absolute Gasteiger partial charge is 0.394 e. The third-order valence-corrected chi connectivity index (χ3v) is 5.11. The number of amides is 1. The number of nitrogens with zero attached hydrogens (tertiary/aromatic N) is 2. The predicted molar refractivity (Wildman–Crippen MR) is 107 cm³/mol. The molecule has 6 nitrogen and oxygen atoms in total. The SMILES string of the molecule is C[C@@H](CO)NC(=O)c1nc(-c2cnc3[nH]c(-c4ccc(F)cc4)cc3c2)cs1. The van der Waals surface area contributed by atoms with Crippen LogP contribution < -0.4 is 5.32 Å². The van der Waals surface area contributed by atoms with E-state index in [0.29, 0.717) is 16.3 Å². The number of hydrogen-bond acceptors (Lipinski definition) is 5. The van der Waals surface area contributed by atoms with E-state index in [1.165, 1.54) is 23.5 Å². The molecule has 1 atom stereocenters. The van der Waals surface area contributed by atoms with Gasteiger partial charge in [-0.05, 0) is 48.9 Å². The minimum Gasteiger partial charge on any atom is -0.394 e. The number of thiazole rings is 1. The van der Waals surface area contributed by atoms with E-state index in [9.17, 15) is 9.18 Å². The Morgan fingerprint density at radius 3 is 2.82 bits per heavy atom. The Kier molecular flexibility index (Phi) is 4.89. The summed E-state index contributed by atoms with van der Waals surface area (Å²) in [6.45, 7) is 1.59. The lowest BCUT2D eigenvalue weighted by Gasteiger charge is -2.08. The summed E-state index contributed by atoms with van der Waals surface area (Å²) in [4.78, 5) is 24.2. The van der Waals surface area contributed by atoms with Crippen molar-refractivity contribution >= 4 is 28.3 Å². The Hall–Kier alpha value is -3.10. The maximum atomic E-state index is 13.1. The maximum Gasteiger partial charge on any atom is 0.280 e. The van der Waals surface area contributed by atoms with Gasteiger partial charge in [-0.3, -0.25) is 4.79 Å². The molecule has 1 aromatic carbocycles. The van der Waals surface area contributed by atoms with E-state index in [1.54, 1.807) is 30.6 Å². The zero-order chi connectivity index (χ0) is 19.7. The van der Waals surface area contributed by atoms with Crippen molar-refractivity contribution in [1.82, 2.24) is 20.3 Å². The van der Waals surface area contributed by atoms with Crippen molar-refractivity contribution in [3.63, 3.8) is 0 Å². The number of fused-ring (bicyclic) bond motifs is 1. The molecule has 142 valence electrons. The number of aliphatic hydroxyl groups excluding tert-OH is 1. The summed E-state index contributed by atoms with van der Waals surface area (Å²) in [5.74, 6) is -0.593. The molecule has 0 saturated carbocycles. The predicted octanol–water partition coefficient (Wildman–Crippen LogP) is 3.60. The molecule has 28 heavy (non-hydrogen) atoms. The van der Waals surface area contributed by atoms with Crippen LogP contribution in [0.25, 0.3) is 33.5 Å². The molecular formula is C20H17FN4O2S. The molecule has 0 aliphatic carbocycles. The molecule has 8 heteroatoms. The molecule has 0 saturated heterocycles.